The standard InChI is InChI=1S/C11H13ClN2O4/c1-7(11(15)18-2)13-6-8-3-4-9(12)5-10(8)14(16)17/h3-5,7,13H,6H2,1-2H3. The summed E-state index contributed by atoms with van der Waals surface area (Å²) in [6.45, 7) is 1.80. The van der Waals surface area contributed by atoms with Crippen molar-refractivity contribution in [2.45, 2.75) is 19.5 Å². The van der Waals surface area contributed by atoms with Crippen LogP contribution in [0.2, 0.25) is 5.02 Å². The van der Waals surface area contributed by atoms with E-state index in [1.165, 1.54) is 13.2 Å². The lowest BCUT2D eigenvalue weighted by Crippen LogP contribution is -2.34. The van der Waals surface area contributed by atoms with Crippen LogP contribution >= 0.6 is 11.6 Å². The van der Waals surface area contributed by atoms with Gasteiger partial charge in [0.2, 0.25) is 0 Å². The molecule has 1 N–H and O–H groups in total. The van der Waals surface area contributed by atoms with Gasteiger partial charge in [0.1, 0.15) is 6.04 Å². The van der Waals surface area contributed by atoms with Crippen molar-refractivity contribution in [2.24, 2.45) is 0 Å². The highest BCUT2D eigenvalue weighted by Crippen LogP contribution is 2.23. The zero-order valence-corrected chi connectivity index (χ0v) is 10.7. The highest BCUT2D eigenvalue weighted by molar-refractivity contribution is 6.30. The van der Waals surface area contributed by atoms with Crippen molar-refractivity contribution < 1.29 is 14.5 Å². The van der Waals surface area contributed by atoms with E-state index < -0.39 is 16.9 Å². The molecule has 0 saturated carbocycles. The normalized spacial score (nSPS) is 11.9. The van der Waals surface area contributed by atoms with Gasteiger partial charge < -0.3 is 10.1 Å². The molecule has 98 valence electrons. The first-order valence-corrected chi connectivity index (χ1v) is 5.57. The zero-order chi connectivity index (χ0) is 13.7. The predicted octanol–water partition coefficient (Wildman–Crippen LogP) is 1.90. The quantitative estimate of drug-likeness (QED) is 0.503. The number of hydrogen-bond acceptors (Lipinski definition) is 5. The first-order chi connectivity index (χ1) is 8.45. The number of carbonyl (C=O) groups is 1. The lowest BCUT2D eigenvalue weighted by Gasteiger charge is -2.11. The Morgan fingerprint density at radius 3 is 2.83 bits per heavy atom. The van der Waals surface area contributed by atoms with E-state index in [1.54, 1.807) is 19.1 Å². The van der Waals surface area contributed by atoms with Crippen LogP contribution in [0.4, 0.5) is 5.69 Å². The Morgan fingerprint density at radius 1 is 1.61 bits per heavy atom. The Morgan fingerprint density at radius 2 is 2.28 bits per heavy atom. The van der Waals surface area contributed by atoms with E-state index in [2.05, 4.69) is 10.1 Å². The van der Waals surface area contributed by atoms with Crippen LogP contribution in [0.15, 0.2) is 18.2 Å². The lowest BCUT2D eigenvalue weighted by molar-refractivity contribution is -0.385. The molecule has 0 aliphatic rings. The average molecular weight is 273 g/mol. The van der Waals surface area contributed by atoms with Gasteiger partial charge in [0.15, 0.2) is 0 Å². The maximum absolute atomic E-state index is 11.2. The van der Waals surface area contributed by atoms with Crippen molar-refractivity contribution in [3.05, 3.63) is 38.9 Å². The molecule has 0 aliphatic carbocycles. The number of carbonyl (C=O) groups excluding carboxylic acids is 1. The molecule has 0 spiro atoms. The summed E-state index contributed by atoms with van der Waals surface area (Å²) in [6, 6.07) is 3.86. The molecule has 6 nitrogen and oxygen atoms in total. The summed E-state index contributed by atoms with van der Waals surface area (Å²) in [5.41, 5.74) is 0.382. The number of halogens is 1. The van der Waals surface area contributed by atoms with E-state index >= 15 is 0 Å². The molecule has 1 rings (SSSR count). The Bertz CT molecular complexity index is 464. The maximum atomic E-state index is 11.2. The molecule has 0 aliphatic heterocycles. The molecule has 7 heteroatoms. The molecule has 0 heterocycles. The molecule has 1 aromatic rings. The van der Waals surface area contributed by atoms with E-state index in [0.29, 0.717) is 10.6 Å². The van der Waals surface area contributed by atoms with Crippen molar-refractivity contribution in [1.29, 1.82) is 0 Å². The molecule has 1 unspecified atom stereocenters. The molecule has 0 aromatic heterocycles. The Balaban J connectivity index is 2.79. The molecule has 1 atom stereocenters. The lowest BCUT2D eigenvalue weighted by atomic mass is 10.1. The molecule has 0 saturated heterocycles. The molecule has 0 amide bonds. The van der Waals surface area contributed by atoms with Gasteiger partial charge in [-0.3, -0.25) is 14.9 Å². The summed E-state index contributed by atoms with van der Waals surface area (Å²) >= 11 is 5.70. The number of nitro groups is 1. The third kappa shape index (κ3) is 3.68. The first-order valence-electron chi connectivity index (χ1n) is 5.19. The van der Waals surface area contributed by atoms with Gasteiger partial charge in [0, 0.05) is 23.2 Å². The third-order valence-corrected chi connectivity index (χ3v) is 2.63. The topological polar surface area (TPSA) is 81.5 Å². The van der Waals surface area contributed by atoms with Crippen molar-refractivity contribution in [2.75, 3.05) is 7.11 Å². The van der Waals surface area contributed by atoms with Crippen LogP contribution in [0.25, 0.3) is 0 Å². The molecule has 18 heavy (non-hydrogen) atoms. The van der Waals surface area contributed by atoms with Crippen LogP contribution in [0.5, 0.6) is 0 Å². The van der Waals surface area contributed by atoms with Crippen molar-refractivity contribution in [1.82, 2.24) is 5.32 Å². The van der Waals surface area contributed by atoms with Gasteiger partial charge in [-0.25, -0.2) is 0 Å². The maximum Gasteiger partial charge on any atom is 0.322 e. The fraction of sp³-hybridized carbons (Fsp3) is 0.364. The summed E-state index contributed by atoms with van der Waals surface area (Å²) in [7, 11) is 1.28. The van der Waals surface area contributed by atoms with Crippen molar-refractivity contribution in [3.63, 3.8) is 0 Å². The van der Waals surface area contributed by atoms with Crippen LogP contribution < -0.4 is 5.32 Å². The van der Waals surface area contributed by atoms with Gasteiger partial charge in [-0.05, 0) is 19.1 Å². The SMILES string of the molecule is COC(=O)C(C)NCc1ccc(Cl)cc1[N+](=O)[O-]. The molecule has 0 bridgehead atoms. The largest absolute Gasteiger partial charge is 0.468 e. The zero-order valence-electron chi connectivity index (χ0n) is 9.97. The second-order valence-corrected chi connectivity index (χ2v) is 4.09. The van der Waals surface area contributed by atoms with Gasteiger partial charge in [-0.15, -0.1) is 0 Å². The number of rotatable bonds is 5. The monoisotopic (exact) mass is 272 g/mol. The molecule has 1 aromatic carbocycles. The van der Waals surface area contributed by atoms with Crippen LogP contribution in [-0.4, -0.2) is 24.0 Å². The summed E-state index contributed by atoms with van der Waals surface area (Å²) in [6.07, 6.45) is 0. The molecule has 0 radical (unpaired) electrons. The van der Waals surface area contributed by atoms with Gasteiger partial charge in [0.25, 0.3) is 5.69 Å². The van der Waals surface area contributed by atoms with Crippen molar-refractivity contribution >= 4 is 23.3 Å². The number of methoxy groups -OCH3 is 1. The number of nitrogens with zero attached hydrogens (tertiary/aromatic N) is 1. The van der Waals surface area contributed by atoms with Gasteiger partial charge in [0.05, 0.1) is 12.0 Å². The number of benzene rings is 1. The second kappa shape index (κ2) is 6.32. The van der Waals surface area contributed by atoms with Crippen molar-refractivity contribution in [3.8, 4) is 0 Å². The number of hydrogen-bond donors (Lipinski definition) is 1. The summed E-state index contributed by atoms with van der Waals surface area (Å²) in [4.78, 5) is 21.5. The van der Waals surface area contributed by atoms with E-state index in [1.807, 2.05) is 0 Å². The number of esters is 1. The van der Waals surface area contributed by atoms with E-state index in [4.69, 9.17) is 11.6 Å². The fourth-order valence-corrected chi connectivity index (χ4v) is 1.55. The highest BCUT2D eigenvalue weighted by atomic mass is 35.5. The van der Waals surface area contributed by atoms with Crippen LogP contribution in [-0.2, 0) is 16.1 Å². The summed E-state index contributed by atoms with van der Waals surface area (Å²) in [5, 5.41) is 14.0. The predicted molar refractivity (Wildman–Crippen MR) is 66.4 cm³/mol. The Kier molecular flexibility index (Phi) is 5.06. The minimum absolute atomic E-state index is 0.0768. The average Bonchev–Trinajstić information content (AvgIpc) is 2.35. The second-order valence-electron chi connectivity index (χ2n) is 3.66. The first kappa shape index (κ1) is 14.4. The fourth-order valence-electron chi connectivity index (χ4n) is 1.38. The van der Waals surface area contributed by atoms with E-state index in [9.17, 15) is 14.9 Å². The van der Waals surface area contributed by atoms with E-state index in [-0.39, 0.29) is 12.2 Å². The summed E-state index contributed by atoms with van der Waals surface area (Å²) < 4.78 is 4.54. The van der Waals surface area contributed by atoms with E-state index in [0.717, 1.165) is 0 Å². The van der Waals surface area contributed by atoms with Crippen LogP contribution in [0.1, 0.15) is 12.5 Å². The highest BCUT2D eigenvalue weighted by Gasteiger charge is 2.17. The number of ether oxygens (including phenoxy) is 1. The number of nitrogens with one attached hydrogen (secondary N) is 1. The van der Waals surface area contributed by atoms with Gasteiger partial charge >= 0.3 is 5.97 Å². The molecule has 0 fully saturated rings. The molecular weight excluding hydrogens is 260 g/mol. The van der Waals surface area contributed by atoms with Gasteiger partial charge in [-0.1, -0.05) is 11.6 Å². The van der Waals surface area contributed by atoms with Crippen LogP contribution in [0.3, 0.4) is 0 Å². The number of nitro benzene ring substituents is 1. The van der Waals surface area contributed by atoms with Gasteiger partial charge in [-0.2, -0.15) is 0 Å². The minimum atomic E-state index is -0.537. The molecular formula is C11H13ClN2O4. The Labute approximate surface area is 109 Å². The van der Waals surface area contributed by atoms with Crippen LogP contribution in [0, 0.1) is 10.1 Å². The summed E-state index contributed by atoms with van der Waals surface area (Å²) in [5.74, 6) is -0.424. The third-order valence-electron chi connectivity index (χ3n) is 2.40. The smallest absolute Gasteiger partial charge is 0.322 e. The Hall–Kier alpha value is -1.66. The minimum Gasteiger partial charge on any atom is -0.468 e.